The number of nitrogens with one attached hydrogen (secondary N) is 1. The van der Waals surface area contributed by atoms with Crippen LogP contribution in [-0.2, 0) is 4.79 Å². The first-order chi connectivity index (χ1) is 9.46. The second-order valence-corrected chi connectivity index (χ2v) is 5.53. The number of nitrogens with zero attached hydrogens (tertiary/aromatic N) is 1. The molecule has 2 amide bonds. The molecule has 1 heterocycles. The molecule has 0 atom stereocenters. The first-order valence-electron chi connectivity index (χ1n) is 7.22. The number of hydrogen-bond acceptors (Lipinski definition) is 2. The molecule has 0 fully saturated rings. The van der Waals surface area contributed by atoms with Gasteiger partial charge in [-0.25, -0.2) is 0 Å². The van der Waals surface area contributed by atoms with Crippen molar-refractivity contribution in [2.75, 3.05) is 4.90 Å². The number of carbonyl (C=O) groups excluding carboxylic acids is 2. The maximum Gasteiger partial charge on any atom is 0.254 e. The maximum atomic E-state index is 13.0. The van der Waals surface area contributed by atoms with Crippen molar-refractivity contribution in [3.8, 4) is 0 Å². The molecule has 0 unspecified atom stereocenters. The minimum atomic E-state index is -0.805. The molecule has 0 aromatic heterocycles. The largest absolute Gasteiger partial charge is 0.338 e. The molecule has 108 valence electrons. The zero-order chi connectivity index (χ0) is 14.9. The Bertz CT molecular complexity index is 533. The molecule has 2 rings (SSSR count). The lowest BCUT2D eigenvalue weighted by Gasteiger charge is -2.35. The molecule has 4 nitrogen and oxygen atoms in total. The Kier molecular flexibility index (Phi) is 3.84. The van der Waals surface area contributed by atoms with Gasteiger partial charge in [-0.15, -0.1) is 0 Å². The van der Waals surface area contributed by atoms with Crippen molar-refractivity contribution in [2.45, 2.75) is 52.1 Å². The van der Waals surface area contributed by atoms with Gasteiger partial charge < -0.3 is 10.2 Å². The Balaban J connectivity index is 2.65. The molecule has 1 aromatic rings. The number of fused-ring (bicyclic) bond motifs is 1. The van der Waals surface area contributed by atoms with E-state index in [1.807, 2.05) is 45.9 Å². The van der Waals surface area contributed by atoms with E-state index in [1.54, 1.807) is 11.0 Å². The van der Waals surface area contributed by atoms with Crippen LogP contribution in [0, 0.1) is 0 Å². The van der Waals surface area contributed by atoms with Crippen molar-refractivity contribution in [3.05, 3.63) is 29.8 Å². The van der Waals surface area contributed by atoms with Crippen LogP contribution >= 0.6 is 0 Å². The molecule has 1 aliphatic heterocycles. The van der Waals surface area contributed by atoms with Crippen molar-refractivity contribution in [1.82, 2.24) is 5.32 Å². The zero-order valence-corrected chi connectivity index (χ0v) is 12.6. The smallest absolute Gasteiger partial charge is 0.254 e. The van der Waals surface area contributed by atoms with E-state index in [1.165, 1.54) is 0 Å². The lowest BCUT2D eigenvalue weighted by Crippen LogP contribution is -2.58. The van der Waals surface area contributed by atoms with Gasteiger partial charge in [0.05, 0.1) is 11.3 Å². The summed E-state index contributed by atoms with van der Waals surface area (Å²) in [5.74, 6) is -0.184. The zero-order valence-electron chi connectivity index (χ0n) is 12.6. The predicted molar refractivity (Wildman–Crippen MR) is 79.8 cm³/mol. The van der Waals surface area contributed by atoms with Crippen molar-refractivity contribution >= 4 is 17.5 Å². The van der Waals surface area contributed by atoms with E-state index in [0.717, 1.165) is 0 Å². The molecule has 0 spiro atoms. The van der Waals surface area contributed by atoms with E-state index < -0.39 is 5.54 Å². The van der Waals surface area contributed by atoms with E-state index in [9.17, 15) is 9.59 Å². The highest BCUT2D eigenvalue weighted by Gasteiger charge is 2.44. The molecular weight excluding hydrogens is 252 g/mol. The van der Waals surface area contributed by atoms with Crippen molar-refractivity contribution < 1.29 is 9.59 Å². The summed E-state index contributed by atoms with van der Waals surface area (Å²) in [7, 11) is 0. The normalized spacial score (nSPS) is 17.8. The summed E-state index contributed by atoms with van der Waals surface area (Å²) >= 11 is 0. The van der Waals surface area contributed by atoms with Crippen molar-refractivity contribution in [2.24, 2.45) is 0 Å². The molecule has 1 aliphatic rings. The van der Waals surface area contributed by atoms with E-state index in [4.69, 9.17) is 0 Å². The maximum absolute atomic E-state index is 13.0. The number of amides is 2. The van der Waals surface area contributed by atoms with E-state index in [0.29, 0.717) is 24.1 Å². The highest BCUT2D eigenvalue weighted by atomic mass is 16.2. The summed E-state index contributed by atoms with van der Waals surface area (Å²) in [6, 6.07) is 7.31. The van der Waals surface area contributed by atoms with Gasteiger partial charge in [-0.1, -0.05) is 26.0 Å². The van der Waals surface area contributed by atoms with Crippen LogP contribution in [-0.4, -0.2) is 23.4 Å². The van der Waals surface area contributed by atoms with Gasteiger partial charge in [-0.2, -0.15) is 0 Å². The van der Waals surface area contributed by atoms with Crippen LogP contribution in [0.25, 0.3) is 0 Å². The molecular formula is C16H22N2O2. The van der Waals surface area contributed by atoms with E-state index in [-0.39, 0.29) is 17.9 Å². The van der Waals surface area contributed by atoms with Crippen LogP contribution in [0.1, 0.15) is 50.9 Å². The molecule has 1 aromatic carbocycles. The van der Waals surface area contributed by atoms with Gasteiger partial charge in [-0.05, 0) is 38.8 Å². The number of rotatable bonds is 3. The lowest BCUT2D eigenvalue weighted by molar-refractivity contribution is -0.125. The summed E-state index contributed by atoms with van der Waals surface area (Å²) in [6.45, 7) is 7.83. The molecule has 0 bridgehead atoms. The summed E-state index contributed by atoms with van der Waals surface area (Å²) in [6.07, 6.45) is 1.18. The Hall–Kier alpha value is -1.84. The molecule has 0 saturated carbocycles. The third-order valence-corrected chi connectivity index (χ3v) is 4.11. The summed E-state index contributed by atoms with van der Waals surface area (Å²) in [4.78, 5) is 27.2. The third-order valence-electron chi connectivity index (χ3n) is 4.11. The summed E-state index contributed by atoms with van der Waals surface area (Å²) in [5.41, 5.74) is 0.465. The fourth-order valence-corrected chi connectivity index (χ4v) is 2.80. The highest BCUT2D eigenvalue weighted by molar-refractivity contribution is 6.12. The lowest BCUT2D eigenvalue weighted by atomic mass is 9.90. The highest BCUT2D eigenvalue weighted by Crippen LogP contribution is 2.31. The fourth-order valence-electron chi connectivity index (χ4n) is 2.80. The second-order valence-electron chi connectivity index (χ2n) is 5.53. The first-order valence-corrected chi connectivity index (χ1v) is 7.22. The molecule has 20 heavy (non-hydrogen) atoms. The fraction of sp³-hybridized carbons (Fsp3) is 0.500. The molecule has 0 aliphatic carbocycles. The first kappa shape index (κ1) is 14.6. The van der Waals surface area contributed by atoms with Crippen LogP contribution in [0.15, 0.2) is 24.3 Å². The average Bonchev–Trinajstić information content (AvgIpc) is 2.53. The van der Waals surface area contributed by atoms with Gasteiger partial charge in [0.15, 0.2) is 0 Å². The number of benzene rings is 1. The molecule has 0 radical (unpaired) electrons. The van der Waals surface area contributed by atoms with Gasteiger partial charge in [0.1, 0.15) is 5.54 Å². The molecule has 1 N–H and O–H groups in total. The number of anilines is 1. The van der Waals surface area contributed by atoms with Gasteiger partial charge in [0.2, 0.25) is 0 Å². The Morgan fingerprint density at radius 3 is 2.30 bits per heavy atom. The quantitative estimate of drug-likeness (QED) is 0.921. The van der Waals surface area contributed by atoms with Crippen LogP contribution in [0.5, 0.6) is 0 Å². The van der Waals surface area contributed by atoms with Crippen molar-refractivity contribution in [1.29, 1.82) is 0 Å². The average molecular weight is 274 g/mol. The summed E-state index contributed by atoms with van der Waals surface area (Å²) < 4.78 is 0. The van der Waals surface area contributed by atoms with Crippen LogP contribution < -0.4 is 10.2 Å². The minimum absolute atomic E-state index is 0.00817. The number of para-hydroxylation sites is 1. The second kappa shape index (κ2) is 5.27. The summed E-state index contributed by atoms with van der Waals surface area (Å²) in [5, 5.41) is 2.95. The van der Waals surface area contributed by atoms with E-state index in [2.05, 4.69) is 5.32 Å². The van der Waals surface area contributed by atoms with Crippen LogP contribution in [0.4, 0.5) is 5.69 Å². The van der Waals surface area contributed by atoms with E-state index >= 15 is 0 Å². The minimum Gasteiger partial charge on any atom is -0.338 e. The van der Waals surface area contributed by atoms with Crippen LogP contribution in [0.3, 0.4) is 0 Å². The van der Waals surface area contributed by atoms with Gasteiger partial charge >= 0.3 is 0 Å². The predicted octanol–water partition coefficient (Wildman–Crippen LogP) is 2.73. The topological polar surface area (TPSA) is 49.4 Å². The van der Waals surface area contributed by atoms with Gasteiger partial charge in [0.25, 0.3) is 11.8 Å². The Morgan fingerprint density at radius 1 is 1.15 bits per heavy atom. The third kappa shape index (κ3) is 2.09. The molecule has 4 heteroatoms. The monoisotopic (exact) mass is 274 g/mol. The van der Waals surface area contributed by atoms with Crippen molar-refractivity contribution in [3.63, 3.8) is 0 Å². The standard InChI is InChI=1S/C16H22N2O2/c1-5-16(6-2)15(20)18(11(3)4)13-10-8-7-9-12(13)14(19)17-16/h7-11H,5-6H2,1-4H3,(H,17,19). The number of hydrogen-bond donors (Lipinski definition) is 1. The Labute approximate surface area is 120 Å². The van der Waals surface area contributed by atoms with Gasteiger partial charge in [0, 0.05) is 6.04 Å². The molecule has 0 saturated heterocycles. The van der Waals surface area contributed by atoms with Crippen LogP contribution in [0.2, 0.25) is 0 Å². The number of carbonyl (C=O) groups is 2. The Morgan fingerprint density at radius 2 is 1.75 bits per heavy atom. The SMILES string of the molecule is CCC1(CC)NC(=O)c2ccccc2N(C(C)C)C1=O. The van der Waals surface area contributed by atoms with Gasteiger partial charge in [-0.3, -0.25) is 9.59 Å².